The number of benzene rings is 1. The van der Waals surface area contributed by atoms with Crippen molar-refractivity contribution in [1.29, 1.82) is 0 Å². The number of rotatable bonds is 11. The summed E-state index contributed by atoms with van der Waals surface area (Å²) < 4.78 is 28.1. The molecule has 0 spiro atoms. The highest BCUT2D eigenvalue weighted by Gasteiger charge is 2.55. The maximum atomic E-state index is 5.87. The van der Waals surface area contributed by atoms with Crippen molar-refractivity contribution in [2.75, 3.05) is 39.6 Å². The summed E-state index contributed by atoms with van der Waals surface area (Å²) in [4.78, 5) is 0. The van der Waals surface area contributed by atoms with Crippen LogP contribution in [0.2, 0.25) is 0 Å². The predicted octanol–water partition coefficient (Wildman–Crippen LogP) is 2.83. The normalized spacial score (nSPS) is 28.4. The monoisotopic (exact) mass is 336 g/mol. The molecule has 5 heteroatoms. The average Bonchev–Trinajstić information content (AvgIpc) is 3.28. The van der Waals surface area contributed by atoms with Crippen LogP contribution in [0.25, 0.3) is 0 Å². The fourth-order valence-electron chi connectivity index (χ4n) is 3.20. The fraction of sp³-hybridized carbons (Fsp3) is 0.684. The lowest BCUT2D eigenvalue weighted by Gasteiger charge is -2.23. The molecule has 3 rings (SSSR count). The Hall–Kier alpha value is -1.14. The van der Waals surface area contributed by atoms with Gasteiger partial charge in [0.1, 0.15) is 12.4 Å². The second-order valence-electron chi connectivity index (χ2n) is 6.58. The first kappa shape index (κ1) is 17.7. The number of para-hydroxylation sites is 1. The molecule has 2 aliphatic rings. The number of ether oxygens (including phenoxy) is 5. The van der Waals surface area contributed by atoms with Gasteiger partial charge in [0.2, 0.25) is 0 Å². The predicted molar refractivity (Wildman–Crippen MR) is 90.4 cm³/mol. The molecule has 0 bridgehead atoms. The van der Waals surface area contributed by atoms with E-state index in [-0.39, 0.29) is 5.60 Å². The summed E-state index contributed by atoms with van der Waals surface area (Å²) in [6.45, 7) is 5.72. The molecule has 0 amide bonds. The van der Waals surface area contributed by atoms with Gasteiger partial charge >= 0.3 is 0 Å². The maximum Gasteiger partial charge on any atom is 0.119 e. The molecule has 1 saturated carbocycles. The van der Waals surface area contributed by atoms with E-state index in [9.17, 15) is 0 Å². The van der Waals surface area contributed by atoms with E-state index in [4.69, 9.17) is 23.7 Å². The van der Waals surface area contributed by atoms with Gasteiger partial charge in [-0.05, 0) is 31.9 Å². The van der Waals surface area contributed by atoms with Crippen LogP contribution in [0.4, 0.5) is 0 Å². The van der Waals surface area contributed by atoms with Crippen molar-refractivity contribution < 1.29 is 23.7 Å². The average molecular weight is 336 g/mol. The first-order valence-corrected chi connectivity index (χ1v) is 8.89. The molecule has 1 heterocycles. The van der Waals surface area contributed by atoms with Crippen LogP contribution in [0, 0.1) is 0 Å². The Morgan fingerprint density at radius 2 is 1.67 bits per heavy atom. The standard InChI is InChI=1S/C19H28O5/c1-19-15-17(7-8-18(19)24-19)23-14-12-21-10-9-20-11-13-22-16-5-3-2-4-6-16/h2-6,17-18H,7-15H2,1H3. The second-order valence-corrected chi connectivity index (χ2v) is 6.58. The maximum absolute atomic E-state index is 5.87. The van der Waals surface area contributed by atoms with E-state index < -0.39 is 0 Å². The summed E-state index contributed by atoms with van der Waals surface area (Å²) in [6, 6.07) is 9.75. The number of hydrogen-bond donors (Lipinski definition) is 0. The Kier molecular flexibility index (Phi) is 6.49. The van der Waals surface area contributed by atoms with E-state index in [1.165, 1.54) is 0 Å². The first-order chi connectivity index (χ1) is 11.8. The zero-order valence-electron chi connectivity index (χ0n) is 14.4. The minimum absolute atomic E-state index is 0.0967. The lowest BCUT2D eigenvalue weighted by molar-refractivity contribution is -0.0258. The second kappa shape index (κ2) is 8.81. The van der Waals surface area contributed by atoms with Gasteiger partial charge in [0.05, 0.1) is 50.8 Å². The highest BCUT2D eigenvalue weighted by atomic mass is 16.6. The zero-order valence-corrected chi connectivity index (χ0v) is 14.4. The minimum Gasteiger partial charge on any atom is -0.491 e. The van der Waals surface area contributed by atoms with E-state index in [1.54, 1.807) is 0 Å². The highest BCUT2D eigenvalue weighted by molar-refractivity contribution is 5.20. The summed E-state index contributed by atoms with van der Waals surface area (Å²) in [6.07, 6.45) is 4.05. The van der Waals surface area contributed by atoms with E-state index in [0.717, 1.165) is 25.0 Å². The van der Waals surface area contributed by atoms with Crippen molar-refractivity contribution in [1.82, 2.24) is 0 Å². The Balaban J connectivity index is 1.10. The van der Waals surface area contributed by atoms with Gasteiger partial charge < -0.3 is 23.7 Å². The number of fused-ring (bicyclic) bond motifs is 1. The smallest absolute Gasteiger partial charge is 0.119 e. The van der Waals surface area contributed by atoms with E-state index in [1.807, 2.05) is 30.3 Å². The van der Waals surface area contributed by atoms with Gasteiger partial charge in [-0.1, -0.05) is 18.2 Å². The Bertz CT molecular complexity index is 480. The molecule has 134 valence electrons. The minimum atomic E-state index is 0.0967. The van der Waals surface area contributed by atoms with Crippen molar-refractivity contribution in [2.45, 2.75) is 44.0 Å². The van der Waals surface area contributed by atoms with Crippen LogP contribution in [-0.4, -0.2) is 57.5 Å². The molecular weight excluding hydrogens is 308 g/mol. The molecular formula is C19H28O5. The molecule has 3 atom stereocenters. The lowest BCUT2D eigenvalue weighted by Crippen LogP contribution is -2.29. The van der Waals surface area contributed by atoms with Crippen molar-refractivity contribution in [2.24, 2.45) is 0 Å². The summed E-state index contributed by atoms with van der Waals surface area (Å²) in [5, 5.41) is 0. The van der Waals surface area contributed by atoms with Gasteiger partial charge in [-0.3, -0.25) is 0 Å². The zero-order chi connectivity index (χ0) is 16.7. The van der Waals surface area contributed by atoms with Crippen molar-refractivity contribution >= 4 is 0 Å². The van der Waals surface area contributed by atoms with Gasteiger partial charge in [0.15, 0.2) is 0 Å². The molecule has 1 aromatic rings. The molecule has 1 aromatic carbocycles. The third-order valence-electron chi connectivity index (χ3n) is 4.61. The largest absolute Gasteiger partial charge is 0.491 e. The van der Waals surface area contributed by atoms with Crippen LogP contribution in [0.15, 0.2) is 30.3 Å². The molecule has 1 saturated heterocycles. The van der Waals surface area contributed by atoms with E-state index in [2.05, 4.69) is 6.92 Å². The number of epoxide rings is 1. The third-order valence-corrected chi connectivity index (χ3v) is 4.61. The van der Waals surface area contributed by atoms with Gasteiger partial charge in [-0.25, -0.2) is 0 Å². The van der Waals surface area contributed by atoms with Crippen LogP contribution in [-0.2, 0) is 18.9 Å². The fourth-order valence-corrected chi connectivity index (χ4v) is 3.20. The molecule has 0 aromatic heterocycles. The quantitative estimate of drug-likeness (QED) is 0.459. The first-order valence-electron chi connectivity index (χ1n) is 8.89. The SMILES string of the molecule is CC12CC(OCCOCCOCCOc3ccccc3)CCC1O2. The van der Waals surface area contributed by atoms with Crippen molar-refractivity contribution in [3.63, 3.8) is 0 Å². The van der Waals surface area contributed by atoms with Crippen LogP contribution in [0.5, 0.6) is 5.75 Å². The van der Waals surface area contributed by atoms with E-state index in [0.29, 0.717) is 51.8 Å². The summed E-state index contributed by atoms with van der Waals surface area (Å²) in [7, 11) is 0. The Morgan fingerprint density at radius 3 is 2.42 bits per heavy atom. The summed E-state index contributed by atoms with van der Waals surface area (Å²) in [5.41, 5.74) is 0.0967. The van der Waals surface area contributed by atoms with Gasteiger partial charge in [0, 0.05) is 6.42 Å². The summed E-state index contributed by atoms with van der Waals surface area (Å²) >= 11 is 0. The van der Waals surface area contributed by atoms with Crippen LogP contribution in [0.3, 0.4) is 0 Å². The summed E-state index contributed by atoms with van der Waals surface area (Å²) in [5.74, 6) is 0.869. The van der Waals surface area contributed by atoms with Crippen molar-refractivity contribution in [3.05, 3.63) is 30.3 Å². The number of hydrogen-bond acceptors (Lipinski definition) is 5. The van der Waals surface area contributed by atoms with Crippen LogP contribution in [0.1, 0.15) is 26.2 Å². The molecule has 3 unspecified atom stereocenters. The van der Waals surface area contributed by atoms with Crippen LogP contribution >= 0.6 is 0 Å². The Morgan fingerprint density at radius 1 is 0.958 bits per heavy atom. The lowest BCUT2D eigenvalue weighted by atomic mass is 9.88. The molecule has 0 N–H and O–H groups in total. The molecule has 1 aliphatic carbocycles. The third kappa shape index (κ3) is 5.45. The van der Waals surface area contributed by atoms with Gasteiger partial charge in [0.25, 0.3) is 0 Å². The molecule has 1 aliphatic heterocycles. The molecule has 5 nitrogen and oxygen atoms in total. The molecule has 0 radical (unpaired) electrons. The van der Waals surface area contributed by atoms with E-state index >= 15 is 0 Å². The van der Waals surface area contributed by atoms with Gasteiger partial charge in [-0.2, -0.15) is 0 Å². The van der Waals surface area contributed by atoms with Crippen LogP contribution < -0.4 is 4.74 Å². The molecule has 24 heavy (non-hydrogen) atoms. The topological polar surface area (TPSA) is 49.5 Å². The van der Waals surface area contributed by atoms with Gasteiger partial charge in [-0.15, -0.1) is 0 Å². The highest BCUT2D eigenvalue weighted by Crippen LogP contribution is 2.47. The Labute approximate surface area is 144 Å². The van der Waals surface area contributed by atoms with Crippen molar-refractivity contribution in [3.8, 4) is 5.75 Å². The molecule has 2 fully saturated rings.